The van der Waals surface area contributed by atoms with Crippen molar-refractivity contribution in [1.82, 2.24) is 4.98 Å². The smallest absolute Gasteiger partial charge is 0.350 e. The average molecular weight is 583 g/mol. The van der Waals surface area contributed by atoms with Crippen LogP contribution in [-0.4, -0.2) is 41.0 Å². The van der Waals surface area contributed by atoms with Gasteiger partial charge >= 0.3 is 11.9 Å². The van der Waals surface area contributed by atoms with Gasteiger partial charge in [-0.25, -0.2) is 9.78 Å². The Morgan fingerprint density at radius 3 is 2.57 bits per heavy atom. The molecular weight excluding hydrogens is 556 g/mol. The Bertz CT molecular complexity index is 1760. The Balaban J connectivity index is 1.50. The van der Waals surface area contributed by atoms with Crippen molar-refractivity contribution in [2.75, 3.05) is 12.0 Å². The molecule has 0 aliphatic carbocycles. The van der Waals surface area contributed by atoms with E-state index in [0.717, 1.165) is 22.6 Å². The number of rotatable bonds is 6. The summed E-state index contributed by atoms with van der Waals surface area (Å²) in [6.07, 6.45) is 0.648. The quantitative estimate of drug-likeness (QED) is 0.128. The van der Waals surface area contributed by atoms with E-state index in [0.29, 0.717) is 34.7 Å². The molecule has 0 spiro atoms. The van der Waals surface area contributed by atoms with Crippen LogP contribution in [-0.2, 0) is 20.7 Å². The van der Waals surface area contributed by atoms with E-state index in [1.807, 2.05) is 37.3 Å². The number of hydrogen-bond donors (Lipinski definition) is 1. The highest BCUT2D eigenvalue weighted by Gasteiger charge is 2.48. The number of amides is 1. The van der Waals surface area contributed by atoms with Crippen LogP contribution in [0.25, 0.3) is 5.76 Å². The van der Waals surface area contributed by atoms with E-state index >= 15 is 0 Å². The molecule has 3 heterocycles. The van der Waals surface area contributed by atoms with Gasteiger partial charge in [0, 0.05) is 12.0 Å². The van der Waals surface area contributed by atoms with Crippen molar-refractivity contribution in [2.45, 2.75) is 32.4 Å². The zero-order valence-corrected chi connectivity index (χ0v) is 23.8. The number of carbonyl (C=O) groups is 3. The number of Topliss-reactive ketones (excluding diaryl/α,β-unsaturated/α-hetero) is 1. The van der Waals surface area contributed by atoms with E-state index < -0.39 is 23.7 Å². The number of hydrogen-bond acceptors (Lipinski definition) is 9. The molecule has 1 amide bonds. The van der Waals surface area contributed by atoms with Gasteiger partial charge in [0.25, 0.3) is 5.78 Å². The minimum absolute atomic E-state index is 0.00696. The maximum Gasteiger partial charge on any atom is 0.350 e. The number of aromatic nitrogens is 1. The zero-order valence-electron chi connectivity index (χ0n) is 23.0. The summed E-state index contributed by atoms with van der Waals surface area (Å²) in [5.74, 6) is -0.870. The van der Waals surface area contributed by atoms with Crippen molar-refractivity contribution < 1.29 is 33.7 Å². The molecule has 3 aromatic carbocycles. The van der Waals surface area contributed by atoms with Gasteiger partial charge in [-0.3, -0.25) is 14.5 Å². The lowest BCUT2D eigenvalue weighted by molar-refractivity contribution is -0.132. The number of methoxy groups -OCH3 is 1. The second-order valence-electron chi connectivity index (χ2n) is 10.0. The summed E-state index contributed by atoms with van der Waals surface area (Å²) >= 11 is 0.942. The first kappa shape index (κ1) is 27.2. The van der Waals surface area contributed by atoms with Gasteiger partial charge in [0.2, 0.25) is 0 Å². The SMILES string of the molecule is COC(=O)c1sc(N2C(=O)C(=O)/C(=C(/O)c3ccc4c(c3)CC(C)O4)C2c2cccc(Oc3ccccc3)c2)nc1C. The Kier molecular flexibility index (Phi) is 6.99. The van der Waals surface area contributed by atoms with Crippen LogP contribution in [0.1, 0.15) is 45.0 Å². The predicted octanol–water partition coefficient (Wildman–Crippen LogP) is 5.98. The second kappa shape index (κ2) is 10.8. The number of thiazole rings is 1. The number of benzene rings is 3. The minimum Gasteiger partial charge on any atom is -0.507 e. The fourth-order valence-corrected chi connectivity index (χ4v) is 6.22. The van der Waals surface area contributed by atoms with Crippen LogP contribution in [0.4, 0.5) is 5.13 Å². The van der Waals surface area contributed by atoms with Crippen LogP contribution in [0.3, 0.4) is 0 Å². The van der Waals surface area contributed by atoms with Gasteiger partial charge in [-0.15, -0.1) is 0 Å². The average Bonchev–Trinajstić information content (AvgIpc) is 3.64. The van der Waals surface area contributed by atoms with Gasteiger partial charge in [0.1, 0.15) is 34.0 Å². The summed E-state index contributed by atoms with van der Waals surface area (Å²) in [6.45, 7) is 3.58. The van der Waals surface area contributed by atoms with Crippen molar-refractivity contribution in [3.63, 3.8) is 0 Å². The topological polar surface area (TPSA) is 115 Å². The Morgan fingerprint density at radius 1 is 1.05 bits per heavy atom. The molecule has 1 fully saturated rings. The van der Waals surface area contributed by atoms with Gasteiger partial charge in [-0.05, 0) is 67.4 Å². The third-order valence-corrected chi connectivity index (χ3v) is 8.27. The number of carbonyl (C=O) groups excluding carboxylic acids is 3. The van der Waals surface area contributed by atoms with E-state index in [2.05, 4.69) is 4.98 Å². The van der Waals surface area contributed by atoms with Crippen LogP contribution in [0.2, 0.25) is 0 Å². The van der Waals surface area contributed by atoms with E-state index in [9.17, 15) is 19.5 Å². The summed E-state index contributed by atoms with van der Waals surface area (Å²) < 4.78 is 16.7. The molecule has 0 radical (unpaired) electrons. The third kappa shape index (κ3) is 4.79. The molecule has 1 saturated heterocycles. The molecule has 2 aliphatic rings. The molecule has 1 aromatic heterocycles. The standard InChI is InChI=1S/C32H26N2O7S/c1-17-14-21-15-20(12-13-24(21)40-17)27(35)25-26(19-8-7-11-23(16-19)41-22-9-5-4-6-10-22)34(30(37)28(25)36)32-33-18(2)29(42-32)31(38)39-3/h4-13,15-17,26,35H,14H2,1-3H3/b27-25+. The van der Waals surface area contributed by atoms with E-state index in [4.69, 9.17) is 14.2 Å². The van der Waals surface area contributed by atoms with Crippen LogP contribution >= 0.6 is 11.3 Å². The largest absolute Gasteiger partial charge is 0.507 e. The summed E-state index contributed by atoms with van der Waals surface area (Å²) in [4.78, 5) is 45.5. The van der Waals surface area contributed by atoms with Crippen molar-refractivity contribution in [3.8, 4) is 17.2 Å². The van der Waals surface area contributed by atoms with E-state index in [1.54, 1.807) is 49.4 Å². The Hall–Kier alpha value is -4.96. The number of aliphatic hydroxyl groups excluding tert-OH is 1. The van der Waals surface area contributed by atoms with Crippen LogP contribution < -0.4 is 14.4 Å². The first-order valence-electron chi connectivity index (χ1n) is 13.2. The van der Waals surface area contributed by atoms with Gasteiger partial charge in [0.15, 0.2) is 5.13 Å². The Morgan fingerprint density at radius 2 is 1.81 bits per heavy atom. The molecule has 1 N–H and O–H groups in total. The van der Waals surface area contributed by atoms with Crippen molar-refractivity contribution in [1.29, 1.82) is 0 Å². The molecular formula is C32H26N2O7S. The first-order chi connectivity index (χ1) is 20.2. The molecule has 2 unspecified atom stereocenters. The summed E-state index contributed by atoms with van der Waals surface area (Å²) in [6, 6.07) is 20.3. The van der Waals surface area contributed by atoms with Crippen molar-refractivity contribution in [3.05, 3.63) is 106 Å². The minimum atomic E-state index is -1.05. The van der Waals surface area contributed by atoms with Gasteiger partial charge in [0.05, 0.1) is 24.4 Å². The number of esters is 1. The maximum absolute atomic E-state index is 13.7. The number of ether oxygens (including phenoxy) is 3. The molecule has 0 bridgehead atoms. The number of aryl methyl sites for hydroxylation is 1. The second-order valence-corrected chi connectivity index (χ2v) is 11.0. The normalized spacial score (nSPS) is 19.0. The van der Waals surface area contributed by atoms with Crippen LogP contribution in [0.15, 0.2) is 78.4 Å². The number of ketones is 1. The van der Waals surface area contributed by atoms with Gasteiger partial charge in [-0.1, -0.05) is 41.7 Å². The number of anilines is 1. The lowest BCUT2D eigenvalue weighted by Crippen LogP contribution is -2.29. The number of aliphatic hydroxyl groups is 1. The molecule has 0 saturated carbocycles. The summed E-state index contributed by atoms with van der Waals surface area (Å²) in [5.41, 5.74) is 2.05. The molecule has 212 valence electrons. The Labute approximate surface area is 245 Å². The lowest BCUT2D eigenvalue weighted by atomic mass is 9.94. The predicted molar refractivity (Wildman–Crippen MR) is 156 cm³/mol. The van der Waals surface area contributed by atoms with Gasteiger partial charge < -0.3 is 19.3 Å². The molecule has 4 aromatic rings. The molecule has 9 nitrogen and oxygen atoms in total. The van der Waals surface area contributed by atoms with Crippen LogP contribution in [0.5, 0.6) is 17.2 Å². The highest BCUT2D eigenvalue weighted by molar-refractivity contribution is 7.17. The molecule has 2 atom stereocenters. The maximum atomic E-state index is 13.7. The number of para-hydroxylation sites is 1. The monoisotopic (exact) mass is 582 g/mol. The first-order valence-corrected chi connectivity index (χ1v) is 14.1. The van der Waals surface area contributed by atoms with E-state index in [-0.39, 0.29) is 27.4 Å². The molecule has 42 heavy (non-hydrogen) atoms. The van der Waals surface area contributed by atoms with Gasteiger partial charge in [-0.2, -0.15) is 0 Å². The fourth-order valence-electron chi connectivity index (χ4n) is 5.21. The zero-order chi connectivity index (χ0) is 29.5. The number of nitrogens with zero attached hydrogens (tertiary/aromatic N) is 2. The molecule has 6 rings (SSSR count). The van der Waals surface area contributed by atoms with Crippen LogP contribution in [0, 0.1) is 6.92 Å². The van der Waals surface area contributed by atoms with E-state index in [1.165, 1.54) is 12.0 Å². The highest BCUT2D eigenvalue weighted by atomic mass is 32.1. The highest BCUT2D eigenvalue weighted by Crippen LogP contribution is 2.45. The van der Waals surface area contributed by atoms with Crippen molar-refractivity contribution in [2.24, 2.45) is 0 Å². The molecule has 2 aliphatic heterocycles. The summed E-state index contributed by atoms with van der Waals surface area (Å²) in [7, 11) is 1.26. The van der Waals surface area contributed by atoms with Crippen molar-refractivity contribution >= 4 is 39.9 Å². The summed E-state index contributed by atoms with van der Waals surface area (Å²) in [5, 5.41) is 11.7. The fraction of sp³-hybridized carbons (Fsp3) is 0.188. The molecule has 10 heteroatoms. The lowest BCUT2D eigenvalue weighted by Gasteiger charge is -2.23. The number of fused-ring (bicyclic) bond motifs is 1. The third-order valence-electron chi connectivity index (χ3n) is 7.13.